The Hall–Kier alpha value is -3.20. The van der Waals surface area contributed by atoms with Crippen LogP contribution in [0.1, 0.15) is 236 Å². The lowest BCUT2D eigenvalue weighted by Crippen LogP contribution is -2.34. The van der Waals surface area contributed by atoms with Crippen molar-refractivity contribution in [3.63, 3.8) is 0 Å². The van der Waals surface area contributed by atoms with Gasteiger partial charge in [-0.1, -0.05) is 201 Å². The van der Waals surface area contributed by atoms with Crippen LogP contribution in [0.5, 0.6) is 0 Å². The number of rotatable bonds is 14. The third kappa shape index (κ3) is 10.7. The molecule has 4 aromatic rings. The molecule has 0 radical (unpaired) electrons. The summed E-state index contributed by atoms with van der Waals surface area (Å²) in [5.74, 6) is 0. The lowest BCUT2D eigenvalue weighted by molar-refractivity contribution is 0.0639. The highest BCUT2D eigenvalue weighted by atomic mass is 16.5. The minimum Gasteiger partial charge on any atom is -0.374 e. The molecule has 1 aliphatic carbocycles. The Labute approximate surface area is 381 Å². The first-order valence-corrected chi connectivity index (χ1v) is 24.7. The van der Waals surface area contributed by atoms with Crippen LogP contribution in [0.3, 0.4) is 0 Å². The van der Waals surface area contributed by atoms with Crippen molar-refractivity contribution in [2.45, 2.75) is 222 Å². The monoisotopic (exact) mass is 841 g/mol. The van der Waals surface area contributed by atoms with E-state index in [1.807, 2.05) is 0 Å². The minimum atomic E-state index is -0.258. The lowest BCUT2D eigenvalue weighted by atomic mass is 9.59. The molecule has 2 nitrogen and oxygen atoms in total. The van der Waals surface area contributed by atoms with Gasteiger partial charge in [0, 0.05) is 18.6 Å². The molecule has 62 heavy (non-hydrogen) atoms. The van der Waals surface area contributed by atoms with E-state index in [-0.39, 0.29) is 39.3 Å². The zero-order valence-corrected chi connectivity index (χ0v) is 43.0. The second-order valence-corrected chi connectivity index (χ2v) is 23.4. The van der Waals surface area contributed by atoms with Gasteiger partial charge in [0.2, 0.25) is 0 Å². The molecule has 0 aromatic heterocycles. The fraction of sp³-hybridized carbons (Fsp3) is 0.600. The molecule has 0 amide bonds. The van der Waals surface area contributed by atoms with Crippen LogP contribution in [0.15, 0.2) is 60.7 Å². The van der Waals surface area contributed by atoms with Gasteiger partial charge >= 0.3 is 0 Å². The molecule has 1 fully saturated rings. The Morgan fingerprint density at radius 2 is 0.806 bits per heavy atom. The average Bonchev–Trinajstić information content (AvgIpc) is 3.18. The van der Waals surface area contributed by atoms with Gasteiger partial charge in [-0.2, -0.15) is 0 Å². The molecule has 1 saturated carbocycles. The van der Waals surface area contributed by atoms with E-state index in [1.165, 1.54) is 97.2 Å². The molecule has 0 heterocycles. The number of hydrogen-bond donors (Lipinski definition) is 0. The molecule has 5 rings (SSSR count). The van der Waals surface area contributed by atoms with E-state index >= 15 is 0 Å². The molecule has 4 aromatic carbocycles. The topological polar surface area (TPSA) is 18.5 Å². The molecule has 2 heteroatoms. The van der Waals surface area contributed by atoms with E-state index in [0.717, 1.165) is 51.7 Å². The van der Waals surface area contributed by atoms with Crippen molar-refractivity contribution in [3.05, 3.63) is 116 Å². The van der Waals surface area contributed by atoms with Crippen molar-refractivity contribution in [2.75, 3.05) is 13.2 Å². The van der Waals surface area contributed by atoms with Gasteiger partial charge in [0.1, 0.15) is 0 Å². The van der Waals surface area contributed by atoms with Gasteiger partial charge < -0.3 is 9.47 Å². The smallest absolute Gasteiger partial charge is 0.0802 e. The van der Waals surface area contributed by atoms with Crippen molar-refractivity contribution in [3.8, 4) is 22.3 Å². The molecule has 1 aliphatic rings. The Kier molecular flexibility index (Phi) is 15.7. The van der Waals surface area contributed by atoms with Gasteiger partial charge in [-0.25, -0.2) is 0 Å². The van der Waals surface area contributed by atoms with Crippen LogP contribution in [0.4, 0.5) is 0 Å². The highest BCUT2D eigenvalue weighted by Crippen LogP contribution is 2.57. The Morgan fingerprint density at radius 3 is 1.10 bits per heavy atom. The summed E-state index contributed by atoms with van der Waals surface area (Å²) >= 11 is 0. The van der Waals surface area contributed by atoms with Gasteiger partial charge in [0.15, 0.2) is 0 Å². The SMILES string of the molecule is CCCCOC(C)c1cccc(C2(c3cccc(C(C)OCCCC)c3-c3c(C(C)(C)C)cc(C)cc3C(C)(C)C)CCCCC2)c1-c1c(C(C)(C)C)cc(C)cc1C(C)(C)C. The van der Waals surface area contributed by atoms with E-state index in [2.05, 4.69) is 185 Å². The number of aryl methyl sites for hydroxylation is 2. The quantitative estimate of drug-likeness (QED) is 0.118. The van der Waals surface area contributed by atoms with Gasteiger partial charge in [0.05, 0.1) is 12.2 Å². The summed E-state index contributed by atoms with van der Waals surface area (Å²) in [6, 6.07) is 24.6. The highest BCUT2D eigenvalue weighted by molar-refractivity contribution is 5.85. The average molecular weight is 841 g/mol. The highest BCUT2D eigenvalue weighted by Gasteiger charge is 2.44. The standard InChI is InChI=1S/C60H88O2/c1-19-21-34-61-42(5)44-28-26-30-46(52(44)54-48(56(7,8)9)36-40(3)37-49(54)57(10,11)12)60(32-24-23-25-33-60)47-31-27-29-45(43(6)62-35-22-20-2)53(47)55-50(58(13,14)15)38-41(4)39-51(55)59(16,17)18/h26-31,36-39,42-43H,19-25,32-35H2,1-18H3. The molecule has 340 valence electrons. The summed E-state index contributed by atoms with van der Waals surface area (Å²) in [6.45, 7) is 44.2. The van der Waals surface area contributed by atoms with Gasteiger partial charge in [-0.3, -0.25) is 0 Å². The first-order chi connectivity index (χ1) is 28.9. The number of ether oxygens (including phenoxy) is 2. The molecular weight excluding hydrogens is 753 g/mol. The molecule has 2 unspecified atom stereocenters. The summed E-state index contributed by atoms with van der Waals surface area (Å²) in [5.41, 5.74) is 19.0. The van der Waals surface area contributed by atoms with Crippen molar-refractivity contribution in [2.24, 2.45) is 0 Å². The van der Waals surface area contributed by atoms with Crippen molar-refractivity contribution >= 4 is 0 Å². The Bertz CT molecular complexity index is 1910. The zero-order chi connectivity index (χ0) is 46.0. The fourth-order valence-corrected chi connectivity index (χ4v) is 10.5. The molecule has 2 atom stereocenters. The fourth-order valence-electron chi connectivity index (χ4n) is 10.5. The Balaban J connectivity index is 2.09. The van der Waals surface area contributed by atoms with Crippen LogP contribution in [0.2, 0.25) is 0 Å². The number of hydrogen-bond acceptors (Lipinski definition) is 2. The van der Waals surface area contributed by atoms with Gasteiger partial charge in [-0.15, -0.1) is 0 Å². The van der Waals surface area contributed by atoms with E-state index in [0.29, 0.717) is 0 Å². The maximum Gasteiger partial charge on any atom is 0.0802 e. The zero-order valence-electron chi connectivity index (χ0n) is 43.0. The maximum atomic E-state index is 6.88. The van der Waals surface area contributed by atoms with E-state index in [4.69, 9.17) is 9.47 Å². The van der Waals surface area contributed by atoms with E-state index < -0.39 is 0 Å². The van der Waals surface area contributed by atoms with Crippen LogP contribution in [-0.4, -0.2) is 13.2 Å². The predicted molar refractivity (Wildman–Crippen MR) is 270 cm³/mol. The summed E-state index contributed by atoms with van der Waals surface area (Å²) in [5, 5.41) is 0. The lowest BCUT2D eigenvalue weighted by Gasteiger charge is -2.44. The van der Waals surface area contributed by atoms with Gasteiger partial charge in [-0.05, 0) is 142 Å². The second kappa shape index (κ2) is 19.5. The summed E-state index contributed by atoms with van der Waals surface area (Å²) in [7, 11) is 0. The third-order valence-corrected chi connectivity index (χ3v) is 13.8. The van der Waals surface area contributed by atoms with Crippen LogP contribution in [0, 0.1) is 13.8 Å². The molecule has 0 saturated heterocycles. The van der Waals surface area contributed by atoms with Gasteiger partial charge in [0.25, 0.3) is 0 Å². The minimum absolute atomic E-state index is 0.0612. The summed E-state index contributed by atoms with van der Waals surface area (Å²) in [4.78, 5) is 0. The molecule has 0 bridgehead atoms. The molecule has 0 N–H and O–H groups in total. The third-order valence-electron chi connectivity index (χ3n) is 13.8. The van der Waals surface area contributed by atoms with Crippen LogP contribution >= 0.6 is 0 Å². The molecular formula is C60H88O2. The summed E-state index contributed by atoms with van der Waals surface area (Å²) in [6.07, 6.45) is 10.1. The van der Waals surface area contributed by atoms with Crippen LogP contribution < -0.4 is 0 Å². The number of unbranched alkanes of at least 4 members (excludes halogenated alkanes) is 2. The number of benzene rings is 4. The Morgan fingerprint density at radius 1 is 0.484 bits per heavy atom. The van der Waals surface area contributed by atoms with Crippen LogP contribution in [0.25, 0.3) is 22.3 Å². The molecule has 0 aliphatic heterocycles. The van der Waals surface area contributed by atoms with Crippen molar-refractivity contribution in [1.29, 1.82) is 0 Å². The van der Waals surface area contributed by atoms with Crippen molar-refractivity contribution < 1.29 is 9.47 Å². The van der Waals surface area contributed by atoms with Crippen molar-refractivity contribution in [1.82, 2.24) is 0 Å². The van der Waals surface area contributed by atoms with Crippen LogP contribution in [-0.2, 0) is 36.5 Å². The normalized spacial score (nSPS) is 16.1. The summed E-state index contributed by atoms with van der Waals surface area (Å²) < 4.78 is 13.8. The predicted octanol–water partition coefficient (Wildman–Crippen LogP) is 17.8. The van der Waals surface area contributed by atoms with E-state index in [1.54, 1.807) is 0 Å². The first-order valence-electron chi connectivity index (χ1n) is 24.7. The van der Waals surface area contributed by atoms with E-state index in [9.17, 15) is 0 Å². The largest absolute Gasteiger partial charge is 0.374 e. The second-order valence-electron chi connectivity index (χ2n) is 23.4. The molecule has 0 spiro atoms. The maximum absolute atomic E-state index is 6.88. The first kappa shape index (κ1) is 49.8.